The summed E-state index contributed by atoms with van der Waals surface area (Å²) >= 11 is 0. The zero-order chi connectivity index (χ0) is 11.5. The van der Waals surface area contributed by atoms with Crippen LogP contribution in [0.1, 0.15) is 18.2 Å². The third-order valence-corrected chi connectivity index (χ3v) is 2.07. The molecule has 1 N–H and O–H groups in total. The molecule has 0 aromatic carbocycles. The molecule has 0 amide bonds. The topological polar surface area (TPSA) is 33.1 Å². The van der Waals surface area contributed by atoms with E-state index in [0.29, 0.717) is 0 Å². The number of halogens is 3. The molecule has 0 saturated carbocycles. The molecule has 0 aliphatic carbocycles. The molecule has 1 atom stereocenters. The van der Waals surface area contributed by atoms with Gasteiger partial charge in [0.2, 0.25) is 0 Å². The molecule has 0 bridgehead atoms. The van der Waals surface area contributed by atoms with Gasteiger partial charge >= 0.3 is 6.18 Å². The SMILES string of the molecule is CCc1ccc(C[C@@H](O)C(F)(F)F)nc1. The van der Waals surface area contributed by atoms with Crippen molar-refractivity contribution in [3.63, 3.8) is 0 Å². The minimum absolute atomic E-state index is 0.247. The maximum Gasteiger partial charge on any atom is 0.414 e. The van der Waals surface area contributed by atoms with Crippen molar-refractivity contribution >= 4 is 0 Å². The molecule has 0 unspecified atom stereocenters. The molecule has 0 aliphatic heterocycles. The van der Waals surface area contributed by atoms with Crippen molar-refractivity contribution < 1.29 is 18.3 Å². The smallest absolute Gasteiger partial charge is 0.383 e. The second-order valence-corrected chi connectivity index (χ2v) is 3.27. The minimum atomic E-state index is -4.58. The molecular formula is C10H12F3NO. The van der Waals surface area contributed by atoms with E-state index in [1.165, 1.54) is 12.3 Å². The monoisotopic (exact) mass is 219 g/mol. The summed E-state index contributed by atoms with van der Waals surface area (Å²) < 4.78 is 36.0. The van der Waals surface area contributed by atoms with E-state index >= 15 is 0 Å². The standard InChI is InChI=1S/C10H12F3NO/c1-2-7-3-4-8(14-6-7)5-9(15)10(11,12)13/h3-4,6,9,15H,2,5H2,1H3/t9-/m1/s1. The molecule has 15 heavy (non-hydrogen) atoms. The van der Waals surface area contributed by atoms with E-state index in [0.717, 1.165) is 12.0 Å². The molecule has 1 aromatic rings. The Hall–Kier alpha value is -1.10. The van der Waals surface area contributed by atoms with Crippen molar-refractivity contribution in [2.75, 3.05) is 0 Å². The Kier molecular flexibility index (Phi) is 3.68. The molecule has 1 rings (SSSR count). The maximum atomic E-state index is 12.0. The molecule has 1 aromatic heterocycles. The van der Waals surface area contributed by atoms with Crippen LogP contribution in [0.25, 0.3) is 0 Å². The van der Waals surface area contributed by atoms with Gasteiger partial charge in [-0.3, -0.25) is 4.98 Å². The average Bonchev–Trinajstić information content (AvgIpc) is 2.17. The number of aromatic nitrogens is 1. The molecular weight excluding hydrogens is 207 g/mol. The van der Waals surface area contributed by atoms with Crippen LogP contribution in [0.3, 0.4) is 0 Å². The third-order valence-electron chi connectivity index (χ3n) is 2.07. The first-order valence-corrected chi connectivity index (χ1v) is 4.62. The first kappa shape index (κ1) is 12.0. The van der Waals surface area contributed by atoms with E-state index in [-0.39, 0.29) is 5.69 Å². The number of aryl methyl sites for hydroxylation is 1. The first-order chi connectivity index (χ1) is 6.93. The fourth-order valence-corrected chi connectivity index (χ4v) is 1.10. The Balaban J connectivity index is 2.65. The maximum absolute atomic E-state index is 12.0. The van der Waals surface area contributed by atoms with Crippen molar-refractivity contribution in [1.82, 2.24) is 4.98 Å². The summed E-state index contributed by atoms with van der Waals surface area (Å²) in [6.07, 6.45) is -5.09. The summed E-state index contributed by atoms with van der Waals surface area (Å²) in [4.78, 5) is 3.84. The molecule has 2 nitrogen and oxygen atoms in total. The number of hydrogen-bond acceptors (Lipinski definition) is 2. The second kappa shape index (κ2) is 4.61. The van der Waals surface area contributed by atoms with Crippen LogP contribution in [0.2, 0.25) is 0 Å². The zero-order valence-electron chi connectivity index (χ0n) is 8.25. The fourth-order valence-electron chi connectivity index (χ4n) is 1.10. The van der Waals surface area contributed by atoms with Gasteiger partial charge in [0.1, 0.15) is 0 Å². The highest BCUT2D eigenvalue weighted by molar-refractivity contribution is 5.14. The van der Waals surface area contributed by atoms with Crippen LogP contribution in [-0.4, -0.2) is 22.4 Å². The lowest BCUT2D eigenvalue weighted by atomic mass is 10.1. The van der Waals surface area contributed by atoms with Gasteiger partial charge in [-0.05, 0) is 18.1 Å². The highest BCUT2D eigenvalue weighted by Gasteiger charge is 2.38. The predicted molar refractivity (Wildman–Crippen MR) is 49.4 cm³/mol. The van der Waals surface area contributed by atoms with Gasteiger partial charge in [-0.15, -0.1) is 0 Å². The molecule has 0 radical (unpaired) electrons. The molecule has 0 fully saturated rings. The number of aliphatic hydroxyl groups is 1. The highest BCUT2D eigenvalue weighted by atomic mass is 19.4. The quantitative estimate of drug-likeness (QED) is 0.844. The number of alkyl halides is 3. The highest BCUT2D eigenvalue weighted by Crippen LogP contribution is 2.22. The normalized spacial score (nSPS) is 13.9. The van der Waals surface area contributed by atoms with Crippen LogP contribution in [0.5, 0.6) is 0 Å². The molecule has 0 spiro atoms. The third kappa shape index (κ3) is 3.51. The van der Waals surface area contributed by atoms with Gasteiger partial charge in [0.25, 0.3) is 0 Å². The van der Waals surface area contributed by atoms with Gasteiger partial charge in [-0.25, -0.2) is 0 Å². The Bertz CT molecular complexity index is 307. The number of nitrogens with zero attached hydrogens (tertiary/aromatic N) is 1. The Morgan fingerprint density at radius 3 is 2.47 bits per heavy atom. The van der Waals surface area contributed by atoms with Crippen LogP contribution in [0.15, 0.2) is 18.3 Å². The van der Waals surface area contributed by atoms with E-state index in [1.54, 1.807) is 6.07 Å². The van der Waals surface area contributed by atoms with Crippen molar-refractivity contribution in [3.05, 3.63) is 29.6 Å². The zero-order valence-corrected chi connectivity index (χ0v) is 8.25. The Morgan fingerprint density at radius 2 is 2.07 bits per heavy atom. The minimum Gasteiger partial charge on any atom is -0.383 e. The fraction of sp³-hybridized carbons (Fsp3) is 0.500. The van der Waals surface area contributed by atoms with Gasteiger partial charge in [0.15, 0.2) is 6.10 Å². The van der Waals surface area contributed by atoms with E-state index in [2.05, 4.69) is 4.98 Å². The molecule has 84 valence electrons. The molecule has 1 heterocycles. The van der Waals surface area contributed by atoms with Gasteiger partial charge in [-0.2, -0.15) is 13.2 Å². The lowest BCUT2D eigenvalue weighted by Gasteiger charge is -2.13. The summed E-state index contributed by atoms with van der Waals surface area (Å²) in [6.45, 7) is 1.93. The van der Waals surface area contributed by atoms with Crippen LogP contribution in [0.4, 0.5) is 13.2 Å². The number of rotatable bonds is 3. The molecule has 0 aliphatic rings. The second-order valence-electron chi connectivity index (χ2n) is 3.27. The number of pyridine rings is 1. The van der Waals surface area contributed by atoms with Gasteiger partial charge in [0.05, 0.1) is 0 Å². The largest absolute Gasteiger partial charge is 0.414 e. The lowest BCUT2D eigenvalue weighted by molar-refractivity contribution is -0.203. The Morgan fingerprint density at radius 1 is 1.40 bits per heavy atom. The summed E-state index contributed by atoms with van der Waals surface area (Å²) in [5.74, 6) is 0. The van der Waals surface area contributed by atoms with Crippen LogP contribution in [0, 0.1) is 0 Å². The van der Waals surface area contributed by atoms with Crippen LogP contribution < -0.4 is 0 Å². The van der Waals surface area contributed by atoms with E-state index in [4.69, 9.17) is 5.11 Å². The van der Waals surface area contributed by atoms with Gasteiger partial charge < -0.3 is 5.11 Å². The Labute approximate surface area is 85.8 Å². The lowest BCUT2D eigenvalue weighted by Crippen LogP contribution is -2.30. The number of aliphatic hydroxyl groups excluding tert-OH is 1. The van der Waals surface area contributed by atoms with Crippen LogP contribution in [-0.2, 0) is 12.8 Å². The molecule has 0 saturated heterocycles. The van der Waals surface area contributed by atoms with Crippen molar-refractivity contribution in [1.29, 1.82) is 0 Å². The molecule has 5 heteroatoms. The van der Waals surface area contributed by atoms with E-state index in [9.17, 15) is 13.2 Å². The van der Waals surface area contributed by atoms with Gasteiger partial charge in [-0.1, -0.05) is 13.0 Å². The van der Waals surface area contributed by atoms with E-state index in [1.807, 2.05) is 6.92 Å². The van der Waals surface area contributed by atoms with E-state index < -0.39 is 18.7 Å². The van der Waals surface area contributed by atoms with Crippen LogP contribution >= 0.6 is 0 Å². The van der Waals surface area contributed by atoms with Gasteiger partial charge in [0, 0.05) is 18.3 Å². The predicted octanol–water partition coefficient (Wildman–Crippen LogP) is 2.11. The van der Waals surface area contributed by atoms with Crippen molar-refractivity contribution in [2.24, 2.45) is 0 Å². The summed E-state index contributed by atoms with van der Waals surface area (Å²) in [5.41, 5.74) is 1.21. The summed E-state index contributed by atoms with van der Waals surface area (Å²) in [7, 11) is 0. The van der Waals surface area contributed by atoms with Crippen molar-refractivity contribution in [2.45, 2.75) is 32.0 Å². The average molecular weight is 219 g/mol. The summed E-state index contributed by atoms with van der Waals surface area (Å²) in [6, 6.07) is 3.22. The summed E-state index contributed by atoms with van der Waals surface area (Å²) in [5, 5.41) is 8.80. The first-order valence-electron chi connectivity index (χ1n) is 4.62. The van der Waals surface area contributed by atoms with Crippen molar-refractivity contribution in [3.8, 4) is 0 Å². The number of hydrogen-bond donors (Lipinski definition) is 1.